The van der Waals surface area contributed by atoms with Gasteiger partial charge in [0.25, 0.3) is 0 Å². The maximum atomic E-state index is 5.59. The smallest absolute Gasteiger partial charge is 0.0494 e. The van der Waals surface area contributed by atoms with Gasteiger partial charge in [-0.15, -0.1) is 0 Å². The molecule has 2 nitrogen and oxygen atoms in total. The van der Waals surface area contributed by atoms with Gasteiger partial charge in [-0.2, -0.15) is 0 Å². The fraction of sp³-hybridized carbons (Fsp3) is 1.00. The summed E-state index contributed by atoms with van der Waals surface area (Å²) in [7, 11) is 0. The number of hydrogen-bond donors (Lipinski definition) is 0. The molecule has 0 bridgehead atoms. The topological polar surface area (TPSA) is 18.5 Å². The molecule has 0 unspecified atom stereocenters. The van der Waals surface area contributed by atoms with Gasteiger partial charge in [-0.3, -0.25) is 0 Å². The molecule has 0 amide bonds. The molecule has 2 aliphatic carbocycles. The molecule has 0 aromatic carbocycles. The fourth-order valence-corrected chi connectivity index (χ4v) is 4.22. The summed E-state index contributed by atoms with van der Waals surface area (Å²) < 4.78 is 11.2. The first-order valence-electron chi connectivity index (χ1n) is 8.98. The van der Waals surface area contributed by atoms with Gasteiger partial charge in [0.2, 0.25) is 0 Å². The van der Waals surface area contributed by atoms with Crippen LogP contribution >= 0.6 is 0 Å². The van der Waals surface area contributed by atoms with Gasteiger partial charge in [-0.25, -0.2) is 0 Å². The molecule has 118 valence electrons. The van der Waals surface area contributed by atoms with Crippen LogP contribution < -0.4 is 0 Å². The summed E-state index contributed by atoms with van der Waals surface area (Å²) >= 11 is 0. The van der Waals surface area contributed by atoms with E-state index in [4.69, 9.17) is 9.47 Å². The lowest BCUT2D eigenvalue weighted by molar-refractivity contribution is 0.0567. The molecule has 2 heteroatoms. The molecule has 0 radical (unpaired) electrons. The first-order valence-corrected chi connectivity index (χ1v) is 8.98. The van der Waals surface area contributed by atoms with Crippen LogP contribution in [0.25, 0.3) is 0 Å². The molecule has 2 fully saturated rings. The minimum absolute atomic E-state index is 0.848. The zero-order valence-electron chi connectivity index (χ0n) is 13.6. The Morgan fingerprint density at radius 1 is 0.600 bits per heavy atom. The Morgan fingerprint density at radius 3 is 1.25 bits per heavy atom. The largest absolute Gasteiger partial charge is 0.381 e. The third kappa shape index (κ3) is 5.04. The van der Waals surface area contributed by atoms with E-state index >= 15 is 0 Å². The summed E-state index contributed by atoms with van der Waals surface area (Å²) in [5.41, 5.74) is 0. The number of rotatable bonds is 7. The molecule has 0 aliphatic heterocycles. The third-order valence-corrected chi connectivity index (χ3v) is 5.56. The van der Waals surface area contributed by atoms with E-state index in [1.807, 2.05) is 0 Å². The van der Waals surface area contributed by atoms with Crippen LogP contribution in [0.4, 0.5) is 0 Å². The van der Waals surface area contributed by atoms with Crippen LogP contribution in [0, 0.1) is 23.7 Å². The molecule has 0 aromatic rings. The van der Waals surface area contributed by atoms with Crippen molar-refractivity contribution in [1.82, 2.24) is 0 Å². The quantitative estimate of drug-likeness (QED) is 0.675. The molecule has 2 aliphatic rings. The van der Waals surface area contributed by atoms with E-state index in [1.165, 1.54) is 51.4 Å². The van der Waals surface area contributed by atoms with Crippen LogP contribution in [-0.2, 0) is 9.47 Å². The lowest BCUT2D eigenvalue weighted by Crippen LogP contribution is -2.28. The molecule has 0 saturated heterocycles. The Bertz CT molecular complexity index is 212. The van der Waals surface area contributed by atoms with Crippen LogP contribution in [0.15, 0.2) is 0 Å². The zero-order valence-corrected chi connectivity index (χ0v) is 13.6. The molecule has 0 aromatic heterocycles. The fourth-order valence-electron chi connectivity index (χ4n) is 4.22. The molecular weight excluding hydrogens is 248 g/mol. The number of hydrogen-bond acceptors (Lipinski definition) is 2. The highest BCUT2D eigenvalue weighted by atomic mass is 16.5. The summed E-state index contributed by atoms with van der Waals surface area (Å²) in [6.45, 7) is 7.97. The third-order valence-electron chi connectivity index (χ3n) is 5.56. The molecule has 2 rings (SSSR count). The van der Waals surface area contributed by atoms with E-state index in [0.717, 1.165) is 50.1 Å². The van der Waals surface area contributed by atoms with Gasteiger partial charge < -0.3 is 9.47 Å². The molecule has 0 heterocycles. The van der Waals surface area contributed by atoms with Crippen molar-refractivity contribution in [3.8, 4) is 0 Å². The average molecular weight is 282 g/mol. The molecular formula is C18H34O2. The summed E-state index contributed by atoms with van der Waals surface area (Å²) in [5.74, 6) is 3.72. The van der Waals surface area contributed by atoms with Crippen molar-refractivity contribution < 1.29 is 9.47 Å². The highest BCUT2D eigenvalue weighted by molar-refractivity contribution is 4.82. The van der Waals surface area contributed by atoms with Crippen molar-refractivity contribution in [3.05, 3.63) is 0 Å². The van der Waals surface area contributed by atoms with Crippen LogP contribution in [-0.4, -0.2) is 26.4 Å². The summed E-state index contributed by atoms with van der Waals surface area (Å²) in [6.07, 6.45) is 11.5. The van der Waals surface area contributed by atoms with Crippen LogP contribution in [0.5, 0.6) is 0 Å². The Kier molecular flexibility index (Phi) is 7.37. The lowest BCUT2D eigenvalue weighted by Gasteiger charge is -2.37. The molecule has 0 spiro atoms. The maximum absolute atomic E-state index is 5.59. The minimum atomic E-state index is 0.848. The molecule has 0 N–H and O–H groups in total. The van der Waals surface area contributed by atoms with Crippen molar-refractivity contribution in [2.75, 3.05) is 26.4 Å². The van der Waals surface area contributed by atoms with Crippen LogP contribution in [0.3, 0.4) is 0 Å². The van der Waals surface area contributed by atoms with Crippen molar-refractivity contribution >= 4 is 0 Å². The van der Waals surface area contributed by atoms with Crippen LogP contribution in [0.1, 0.15) is 65.2 Å². The number of ether oxygens (including phenoxy) is 2. The standard InChI is InChI=1S/C18H34O2/c1-3-19-13-15-5-9-17(10-6-15)18-11-7-16(8-12-18)14-20-4-2/h15-18H,3-14H2,1-2H3. The second kappa shape index (κ2) is 9.04. The Morgan fingerprint density at radius 2 is 0.950 bits per heavy atom. The summed E-state index contributed by atoms with van der Waals surface area (Å²) in [5, 5.41) is 0. The van der Waals surface area contributed by atoms with Gasteiger partial charge in [0.1, 0.15) is 0 Å². The second-order valence-electron chi connectivity index (χ2n) is 6.88. The average Bonchev–Trinajstić information content (AvgIpc) is 2.52. The predicted octanol–water partition coefficient (Wildman–Crippen LogP) is 4.67. The summed E-state index contributed by atoms with van der Waals surface area (Å²) in [6, 6.07) is 0. The van der Waals surface area contributed by atoms with Crippen molar-refractivity contribution in [3.63, 3.8) is 0 Å². The van der Waals surface area contributed by atoms with E-state index in [-0.39, 0.29) is 0 Å². The monoisotopic (exact) mass is 282 g/mol. The van der Waals surface area contributed by atoms with E-state index < -0.39 is 0 Å². The normalized spacial score (nSPS) is 35.1. The first-order chi connectivity index (χ1) is 9.83. The lowest BCUT2D eigenvalue weighted by atomic mass is 9.69. The van der Waals surface area contributed by atoms with E-state index in [2.05, 4.69) is 13.8 Å². The predicted molar refractivity (Wildman–Crippen MR) is 83.9 cm³/mol. The summed E-state index contributed by atoms with van der Waals surface area (Å²) in [4.78, 5) is 0. The Labute approximate surface area is 125 Å². The van der Waals surface area contributed by atoms with E-state index in [0.29, 0.717) is 0 Å². The van der Waals surface area contributed by atoms with Crippen LogP contribution in [0.2, 0.25) is 0 Å². The molecule has 20 heavy (non-hydrogen) atoms. The zero-order chi connectivity index (χ0) is 14.2. The second-order valence-corrected chi connectivity index (χ2v) is 6.88. The van der Waals surface area contributed by atoms with Crippen molar-refractivity contribution in [2.45, 2.75) is 65.2 Å². The van der Waals surface area contributed by atoms with Gasteiger partial charge in [-0.05, 0) is 88.9 Å². The molecule has 0 atom stereocenters. The van der Waals surface area contributed by atoms with Crippen molar-refractivity contribution in [2.24, 2.45) is 23.7 Å². The van der Waals surface area contributed by atoms with E-state index in [9.17, 15) is 0 Å². The highest BCUT2D eigenvalue weighted by Gasteiger charge is 2.30. The van der Waals surface area contributed by atoms with Gasteiger partial charge >= 0.3 is 0 Å². The Hall–Kier alpha value is -0.0800. The first kappa shape index (κ1) is 16.3. The molecule has 2 saturated carbocycles. The highest BCUT2D eigenvalue weighted by Crippen LogP contribution is 2.41. The SMILES string of the molecule is CCOCC1CCC(C2CCC(COCC)CC2)CC1. The maximum Gasteiger partial charge on any atom is 0.0494 e. The Balaban J connectivity index is 1.63. The van der Waals surface area contributed by atoms with Gasteiger partial charge in [0, 0.05) is 26.4 Å². The van der Waals surface area contributed by atoms with Gasteiger partial charge in [0.15, 0.2) is 0 Å². The van der Waals surface area contributed by atoms with Gasteiger partial charge in [0.05, 0.1) is 0 Å². The van der Waals surface area contributed by atoms with Gasteiger partial charge in [-0.1, -0.05) is 0 Å². The van der Waals surface area contributed by atoms with E-state index in [1.54, 1.807) is 0 Å². The van der Waals surface area contributed by atoms with Crippen molar-refractivity contribution in [1.29, 1.82) is 0 Å². The minimum Gasteiger partial charge on any atom is -0.381 e.